The highest BCUT2D eigenvalue weighted by Crippen LogP contribution is 2.38. The number of aryl methyl sites for hydroxylation is 1. The SMILES string of the molecule is Cc1ccn2nc([C@H](C)Nc3ncnc4c3c(-c3cc(O)cc(NS(=O)O)c3)cn4COCC[Si](C)(C)C)n(-c3ccccc3)c(=O)c12. The lowest BCUT2D eigenvalue weighted by Gasteiger charge is -2.20. The fourth-order valence-corrected chi connectivity index (χ4v) is 6.70. The minimum atomic E-state index is -2.34. The molecule has 2 atom stereocenters. The fourth-order valence-electron chi connectivity index (χ4n) is 5.63. The molecule has 0 aliphatic rings. The molecular formula is C33H38N8O5SSi. The Morgan fingerprint density at radius 3 is 2.58 bits per heavy atom. The number of nitrogens with one attached hydrogen (secondary N) is 2. The van der Waals surface area contributed by atoms with Crippen molar-refractivity contribution in [2.24, 2.45) is 0 Å². The van der Waals surface area contributed by atoms with Crippen LogP contribution >= 0.6 is 0 Å². The summed E-state index contributed by atoms with van der Waals surface area (Å²) in [5, 5.41) is 19.6. The molecule has 0 fully saturated rings. The Morgan fingerprint density at radius 1 is 1.08 bits per heavy atom. The standard InChI is InChI=1S/C33H38N8O5SSi/c1-21-11-12-40-29(21)33(43)41(25-9-7-6-8-10-25)31(37-40)22(2)36-30-28-27(23-15-24(38-47(44)45)17-26(42)16-23)18-39(32(28)35-19-34-30)20-46-13-14-48(3,4)5/h6-12,15-19,22,38,42H,13-14,20H2,1-5H3,(H,44,45)(H,34,35,36)/t22-/m0/s1. The van der Waals surface area contributed by atoms with Gasteiger partial charge in [-0.2, -0.15) is 5.10 Å². The first-order valence-electron chi connectivity index (χ1n) is 15.5. The van der Waals surface area contributed by atoms with Crippen molar-refractivity contribution in [2.75, 3.05) is 16.6 Å². The Balaban J connectivity index is 1.47. The number of fused-ring (bicyclic) bond motifs is 2. The number of anilines is 2. The summed E-state index contributed by atoms with van der Waals surface area (Å²) in [7, 11) is -1.31. The van der Waals surface area contributed by atoms with Crippen molar-refractivity contribution < 1.29 is 18.6 Å². The van der Waals surface area contributed by atoms with E-state index in [-0.39, 0.29) is 23.7 Å². The zero-order valence-corrected chi connectivity index (χ0v) is 29.2. The first-order chi connectivity index (χ1) is 22.9. The summed E-state index contributed by atoms with van der Waals surface area (Å²) in [4.78, 5) is 23.2. The molecule has 0 spiro atoms. The lowest BCUT2D eigenvalue weighted by molar-refractivity contribution is 0.0899. The summed E-state index contributed by atoms with van der Waals surface area (Å²) >= 11 is -2.34. The first-order valence-corrected chi connectivity index (χ1v) is 20.3. The summed E-state index contributed by atoms with van der Waals surface area (Å²) in [6, 6.07) is 16.3. The van der Waals surface area contributed by atoms with Gasteiger partial charge in [0.2, 0.25) is 0 Å². The molecule has 2 aromatic carbocycles. The van der Waals surface area contributed by atoms with E-state index < -0.39 is 25.4 Å². The number of nitrogens with zero attached hydrogens (tertiary/aromatic N) is 6. The zero-order chi connectivity index (χ0) is 34.2. The normalized spacial score (nSPS) is 13.2. The second kappa shape index (κ2) is 13.3. The maximum Gasteiger partial charge on any atom is 0.282 e. The minimum absolute atomic E-state index is 0.0983. The van der Waals surface area contributed by atoms with Crippen LogP contribution in [-0.4, -0.2) is 57.3 Å². The number of aromatic hydroxyl groups is 1. The largest absolute Gasteiger partial charge is 0.508 e. The van der Waals surface area contributed by atoms with Gasteiger partial charge in [-0.15, -0.1) is 0 Å². The predicted octanol–water partition coefficient (Wildman–Crippen LogP) is 5.94. The molecule has 0 radical (unpaired) electrons. The van der Waals surface area contributed by atoms with Crippen LogP contribution in [0.25, 0.3) is 33.4 Å². The molecule has 0 aliphatic carbocycles. The number of hydrogen-bond donors (Lipinski definition) is 4. The Bertz CT molecular complexity index is 2190. The molecule has 6 rings (SSSR count). The van der Waals surface area contributed by atoms with Crippen molar-refractivity contribution in [1.82, 2.24) is 28.7 Å². The molecule has 15 heteroatoms. The average Bonchev–Trinajstić information content (AvgIpc) is 3.59. The highest BCUT2D eigenvalue weighted by Gasteiger charge is 2.23. The van der Waals surface area contributed by atoms with Crippen LogP contribution in [0.5, 0.6) is 5.75 Å². The number of rotatable bonds is 12. The lowest BCUT2D eigenvalue weighted by Crippen LogP contribution is -2.29. The van der Waals surface area contributed by atoms with Crippen molar-refractivity contribution in [3.63, 3.8) is 0 Å². The van der Waals surface area contributed by atoms with Crippen LogP contribution in [-0.2, 0) is 22.7 Å². The molecule has 13 nitrogen and oxygen atoms in total. The Hall–Kier alpha value is -4.83. The summed E-state index contributed by atoms with van der Waals surface area (Å²) in [6.45, 7) is 11.5. The van der Waals surface area contributed by atoms with E-state index >= 15 is 0 Å². The maximum atomic E-state index is 13.9. The quantitative estimate of drug-likeness (QED) is 0.0693. The molecular weight excluding hydrogens is 649 g/mol. The fraction of sp³-hybridized carbons (Fsp3) is 0.273. The molecule has 4 aromatic heterocycles. The van der Waals surface area contributed by atoms with Crippen LogP contribution in [0.2, 0.25) is 25.7 Å². The van der Waals surface area contributed by atoms with Gasteiger partial charge in [0.05, 0.1) is 22.8 Å². The number of phenols is 1. The maximum absolute atomic E-state index is 13.9. The smallest absolute Gasteiger partial charge is 0.282 e. The highest BCUT2D eigenvalue weighted by atomic mass is 32.2. The summed E-state index contributed by atoms with van der Waals surface area (Å²) < 4.78 is 34.6. The summed E-state index contributed by atoms with van der Waals surface area (Å²) in [5.74, 6) is 0.828. The van der Waals surface area contributed by atoms with Crippen molar-refractivity contribution in [2.45, 2.75) is 52.3 Å². The Kier molecular flexibility index (Phi) is 9.20. The Labute approximate surface area is 280 Å². The van der Waals surface area contributed by atoms with Gasteiger partial charge in [-0.3, -0.25) is 18.6 Å². The van der Waals surface area contributed by atoms with E-state index in [1.807, 2.05) is 61.0 Å². The van der Waals surface area contributed by atoms with Crippen molar-refractivity contribution in [3.8, 4) is 22.6 Å². The topological polar surface area (TPSA) is 161 Å². The van der Waals surface area contributed by atoms with Crippen LogP contribution in [0, 0.1) is 6.92 Å². The molecule has 0 saturated carbocycles. The van der Waals surface area contributed by atoms with E-state index in [9.17, 15) is 18.7 Å². The molecule has 4 N–H and O–H groups in total. The minimum Gasteiger partial charge on any atom is -0.508 e. The van der Waals surface area contributed by atoms with Gasteiger partial charge < -0.3 is 19.7 Å². The highest BCUT2D eigenvalue weighted by molar-refractivity contribution is 7.80. The molecule has 6 aromatic rings. The van der Waals surface area contributed by atoms with Crippen LogP contribution in [0.3, 0.4) is 0 Å². The number of para-hydroxylation sites is 1. The van der Waals surface area contributed by atoms with Crippen LogP contribution in [0.15, 0.2) is 78.1 Å². The molecule has 0 bridgehead atoms. The van der Waals surface area contributed by atoms with E-state index in [0.29, 0.717) is 51.6 Å². The molecule has 0 saturated heterocycles. The number of hydrogen-bond acceptors (Lipinski definition) is 8. The van der Waals surface area contributed by atoms with Crippen molar-refractivity contribution >= 4 is 47.4 Å². The summed E-state index contributed by atoms with van der Waals surface area (Å²) in [6.07, 6.45) is 5.10. The van der Waals surface area contributed by atoms with Gasteiger partial charge in [-0.05, 0) is 61.4 Å². The van der Waals surface area contributed by atoms with Crippen molar-refractivity contribution in [1.29, 1.82) is 0 Å². The van der Waals surface area contributed by atoms with Gasteiger partial charge in [-0.25, -0.2) is 18.7 Å². The number of ether oxygens (including phenoxy) is 1. The first kappa shape index (κ1) is 33.1. The van der Waals surface area contributed by atoms with E-state index in [1.54, 1.807) is 27.4 Å². The van der Waals surface area contributed by atoms with E-state index in [2.05, 4.69) is 39.6 Å². The Morgan fingerprint density at radius 2 is 1.85 bits per heavy atom. The second-order valence-electron chi connectivity index (χ2n) is 12.9. The van der Waals surface area contributed by atoms with Gasteiger partial charge in [0, 0.05) is 38.7 Å². The second-order valence-corrected chi connectivity index (χ2v) is 19.2. The molecule has 1 unspecified atom stereocenters. The van der Waals surface area contributed by atoms with E-state index in [1.165, 1.54) is 12.4 Å². The summed E-state index contributed by atoms with van der Waals surface area (Å²) in [5.41, 5.74) is 3.84. The average molecular weight is 687 g/mol. The van der Waals surface area contributed by atoms with Gasteiger partial charge in [0.1, 0.15) is 35.8 Å². The van der Waals surface area contributed by atoms with Gasteiger partial charge in [0.15, 0.2) is 5.82 Å². The van der Waals surface area contributed by atoms with Gasteiger partial charge in [0.25, 0.3) is 16.8 Å². The van der Waals surface area contributed by atoms with Crippen molar-refractivity contribution in [3.05, 3.63) is 95.1 Å². The molecule has 48 heavy (non-hydrogen) atoms. The van der Waals surface area contributed by atoms with Gasteiger partial charge >= 0.3 is 0 Å². The third kappa shape index (κ3) is 6.89. The monoisotopic (exact) mass is 686 g/mol. The third-order valence-corrected chi connectivity index (χ3v) is 10.1. The molecule has 250 valence electrons. The number of aromatic nitrogens is 6. The lowest BCUT2D eigenvalue weighted by atomic mass is 10.0. The van der Waals surface area contributed by atoms with Gasteiger partial charge in [-0.1, -0.05) is 37.8 Å². The van der Waals surface area contributed by atoms with E-state index in [0.717, 1.165) is 11.6 Å². The molecule has 0 amide bonds. The third-order valence-electron chi connectivity index (χ3n) is 7.98. The van der Waals surface area contributed by atoms with Crippen LogP contribution in [0.4, 0.5) is 11.5 Å². The van der Waals surface area contributed by atoms with Crippen LogP contribution in [0.1, 0.15) is 24.4 Å². The van der Waals surface area contributed by atoms with Crippen LogP contribution < -0.4 is 15.6 Å². The number of benzene rings is 2. The zero-order valence-electron chi connectivity index (χ0n) is 27.3. The predicted molar refractivity (Wildman–Crippen MR) is 191 cm³/mol. The molecule has 0 aliphatic heterocycles. The van der Waals surface area contributed by atoms with E-state index in [4.69, 9.17) is 9.84 Å². The molecule has 4 heterocycles. The number of phenolic OH excluding ortho intramolecular Hbond substituents is 1.